The summed E-state index contributed by atoms with van der Waals surface area (Å²) in [6.07, 6.45) is 1.22. The van der Waals surface area contributed by atoms with Crippen molar-refractivity contribution in [2.75, 3.05) is 11.2 Å². The third-order valence-corrected chi connectivity index (χ3v) is 3.50. The molecule has 0 radical (unpaired) electrons. The zero-order chi connectivity index (χ0) is 12.7. The molecule has 2 atom stereocenters. The van der Waals surface area contributed by atoms with Crippen LogP contribution in [0.2, 0.25) is 0 Å². The van der Waals surface area contributed by atoms with Crippen LogP contribution in [-0.2, 0) is 4.79 Å². The molecule has 6 heteroatoms. The summed E-state index contributed by atoms with van der Waals surface area (Å²) in [5.41, 5.74) is 5.25. The van der Waals surface area contributed by atoms with Gasteiger partial charge in [0.2, 0.25) is 5.91 Å². The number of hydrogen-bond donors (Lipinski definition) is 3. The van der Waals surface area contributed by atoms with E-state index in [0.29, 0.717) is 11.6 Å². The molecule has 0 saturated carbocycles. The Morgan fingerprint density at radius 2 is 2.29 bits per heavy atom. The molecule has 17 heavy (non-hydrogen) atoms. The molecule has 0 aromatic carbocycles. The third kappa shape index (κ3) is 5.55. The molecule has 1 heterocycles. The van der Waals surface area contributed by atoms with Crippen molar-refractivity contribution in [1.29, 1.82) is 0 Å². The van der Waals surface area contributed by atoms with Crippen LogP contribution in [0.4, 0.5) is 5.82 Å². The van der Waals surface area contributed by atoms with Crippen LogP contribution >= 0.6 is 11.8 Å². The number of pyridine rings is 1. The summed E-state index contributed by atoms with van der Waals surface area (Å²) in [5.74, 6) is 0.744. The monoisotopic (exact) mass is 255 g/mol. The number of carbonyl (C=O) groups excluding carboxylic acids is 1. The predicted octanol–water partition coefficient (Wildman–Crippen LogP) is 1.03. The highest BCUT2D eigenvalue weighted by molar-refractivity contribution is 8.00. The third-order valence-electron chi connectivity index (χ3n) is 2.15. The minimum Gasteiger partial charge on any atom is -0.392 e. The largest absolute Gasteiger partial charge is 0.392 e. The Kier molecular flexibility index (Phi) is 5.79. The van der Waals surface area contributed by atoms with E-state index in [0.717, 1.165) is 0 Å². The maximum absolute atomic E-state index is 11.4. The molecule has 0 aliphatic carbocycles. The van der Waals surface area contributed by atoms with Crippen LogP contribution in [0.3, 0.4) is 0 Å². The fourth-order valence-corrected chi connectivity index (χ4v) is 1.72. The summed E-state index contributed by atoms with van der Waals surface area (Å²) >= 11 is 1.41. The summed E-state index contributed by atoms with van der Waals surface area (Å²) in [6.45, 7) is 3.59. The van der Waals surface area contributed by atoms with Crippen molar-refractivity contribution in [1.82, 2.24) is 10.4 Å². The molecule has 0 aliphatic rings. The van der Waals surface area contributed by atoms with Crippen molar-refractivity contribution in [2.45, 2.75) is 25.2 Å². The van der Waals surface area contributed by atoms with Crippen molar-refractivity contribution < 1.29 is 9.90 Å². The number of aromatic nitrogens is 1. The maximum Gasteiger partial charge on any atom is 0.248 e. The van der Waals surface area contributed by atoms with Gasteiger partial charge in [-0.1, -0.05) is 13.0 Å². The summed E-state index contributed by atoms with van der Waals surface area (Å²) in [6, 6.07) is 5.38. The zero-order valence-corrected chi connectivity index (χ0v) is 10.7. The number of rotatable bonds is 6. The highest BCUT2D eigenvalue weighted by Crippen LogP contribution is 2.13. The van der Waals surface area contributed by atoms with Gasteiger partial charge in [-0.25, -0.2) is 4.98 Å². The Balaban J connectivity index is 2.22. The Morgan fingerprint density at radius 1 is 1.53 bits per heavy atom. The highest BCUT2D eigenvalue weighted by atomic mass is 32.2. The quantitative estimate of drug-likeness (QED) is 0.662. The van der Waals surface area contributed by atoms with Crippen LogP contribution in [-0.4, -0.2) is 33.1 Å². The van der Waals surface area contributed by atoms with Crippen molar-refractivity contribution in [2.24, 2.45) is 0 Å². The first-order chi connectivity index (χ1) is 8.09. The summed E-state index contributed by atoms with van der Waals surface area (Å²) in [5, 5.41) is 9.30. The molecular weight excluding hydrogens is 238 g/mol. The van der Waals surface area contributed by atoms with Gasteiger partial charge < -0.3 is 5.11 Å². The number of carbonyl (C=O) groups is 1. The van der Waals surface area contributed by atoms with E-state index in [9.17, 15) is 9.90 Å². The zero-order valence-electron chi connectivity index (χ0n) is 9.88. The van der Waals surface area contributed by atoms with Gasteiger partial charge >= 0.3 is 0 Å². The fourth-order valence-electron chi connectivity index (χ4n) is 0.953. The summed E-state index contributed by atoms with van der Waals surface area (Å²) in [4.78, 5) is 15.4. The Bertz CT molecular complexity index is 346. The summed E-state index contributed by atoms with van der Waals surface area (Å²) in [7, 11) is 0. The molecule has 0 fully saturated rings. The number of aliphatic hydroxyl groups is 1. The first-order valence-corrected chi connectivity index (χ1v) is 6.40. The molecule has 3 N–H and O–H groups in total. The molecule has 1 rings (SSSR count). The second-order valence-electron chi connectivity index (χ2n) is 3.64. The molecule has 1 aromatic heterocycles. The van der Waals surface area contributed by atoms with E-state index in [2.05, 4.69) is 15.8 Å². The number of thioether (sulfide) groups is 1. The smallest absolute Gasteiger partial charge is 0.248 e. The lowest BCUT2D eigenvalue weighted by Gasteiger charge is -2.13. The molecule has 2 unspecified atom stereocenters. The van der Waals surface area contributed by atoms with Gasteiger partial charge in [0.25, 0.3) is 0 Å². The number of hydrogen-bond acceptors (Lipinski definition) is 5. The highest BCUT2D eigenvalue weighted by Gasteiger charge is 2.11. The van der Waals surface area contributed by atoms with E-state index in [1.54, 1.807) is 25.3 Å². The fraction of sp³-hybridized carbons (Fsp3) is 0.455. The number of amides is 1. The van der Waals surface area contributed by atoms with E-state index in [4.69, 9.17) is 0 Å². The van der Waals surface area contributed by atoms with Gasteiger partial charge in [-0.3, -0.25) is 15.6 Å². The van der Waals surface area contributed by atoms with Gasteiger partial charge in [0.1, 0.15) is 5.82 Å². The van der Waals surface area contributed by atoms with E-state index in [1.165, 1.54) is 11.8 Å². The Hall–Kier alpha value is -1.27. The Labute approximate surface area is 105 Å². The maximum atomic E-state index is 11.4. The van der Waals surface area contributed by atoms with Gasteiger partial charge in [0, 0.05) is 11.4 Å². The molecule has 5 nitrogen and oxygen atoms in total. The van der Waals surface area contributed by atoms with E-state index in [1.807, 2.05) is 13.0 Å². The average Bonchev–Trinajstić information content (AvgIpc) is 2.34. The molecule has 1 aromatic rings. The van der Waals surface area contributed by atoms with Crippen LogP contribution in [0.5, 0.6) is 0 Å². The minimum atomic E-state index is -0.420. The van der Waals surface area contributed by atoms with Crippen molar-refractivity contribution in [3.05, 3.63) is 24.4 Å². The van der Waals surface area contributed by atoms with Gasteiger partial charge in [0.05, 0.1) is 11.9 Å². The molecular formula is C11H17N3O2S. The van der Waals surface area contributed by atoms with E-state index >= 15 is 0 Å². The first-order valence-electron chi connectivity index (χ1n) is 5.35. The molecule has 0 aliphatic heterocycles. The molecule has 94 valence electrons. The van der Waals surface area contributed by atoms with Crippen LogP contribution in [0.1, 0.15) is 13.8 Å². The number of nitrogens with zero attached hydrogens (tertiary/aromatic N) is 1. The minimum absolute atomic E-state index is 0.0376. The normalized spacial score (nSPS) is 13.8. The molecule has 0 bridgehead atoms. The van der Waals surface area contributed by atoms with Crippen LogP contribution in [0.25, 0.3) is 0 Å². The number of hydrazine groups is 1. The van der Waals surface area contributed by atoms with Crippen LogP contribution in [0.15, 0.2) is 24.4 Å². The standard InChI is InChI=1S/C11H17N3O2S/c1-8(15)9(2)17-7-11(16)14-13-10-5-3-4-6-12-10/h3-6,8-9,15H,7H2,1-2H3,(H,12,13)(H,14,16). The average molecular weight is 255 g/mol. The van der Waals surface area contributed by atoms with E-state index in [-0.39, 0.29) is 11.2 Å². The number of aliphatic hydroxyl groups excluding tert-OH is 1. The van der Waals surface area contributed by atoms with Crippen LogP contribution < -0.4 is 10.9 Å². The van der Waals surface area contributed by atoms with Crippen molar-refractivity contribution in [3.8, 4) is 0 Å². The molecule has 0 spiro atoms. The van der Waals surface area contributed by atoms with Gasteiger partial charge in [-0.15, -0.1) is 11.8 Å². The van der Waals surface area contributed by atoms with E-state index < -0.39 is 6.10 Å². The van der Waals surface area contributed by atoms with Gasteiger partial charge in [-0.05, 0) is 19.1 Å². The number of nitrogens with one attached hydrogen (secondary N) is 2. The second kappa shape index (κ2) is 7.13. The van der Waals surface area contributed by atoms with Gasteiger partial charge in [0.15, 0.2) is 0 Å². The SMILES string of the molecule is CC(O)C(C)SCC(=O)NNc1ccccn1. The van der Waals surface area contributed by atoms with Crippen LogP contribution in [0, 0.1) is 0 Å². The van der Waals surface area contributed by atoms with Gasteiger partial charge in [-0.2, -0.15) is 0 Å². The lowest BCUT2D eigenvalue weighted by Crippen LogP contribution is -2.32. The lowest BCUT2D eigenvalue weighted by atomic mass is 10.3. The first kappa shape index (κ1) is 13.8. The number of anilines is 1. The lowest BCUT2D eigenvalue weighted by molar-refractivity contribution is -0.118. The molecule has 0 saturated heterocycles. The second-order valence-corrected chi connectivity index (χ2v) is 5.01. The topological polar surface area (TPSA) is 74.2 Å². The summed E-state index contributed by atoms with van der Waals surface area (Å²) < 4.78 is 0. The molecule has 1 amide bonds. The van der Waals surface area contributed by atoms with Crippen molar-refractivity contribution >= 4 is 23.5 Å². The predicted molar refractivity (Wildman–Crippen MR) is 69.6 cm³/mol. The van der Waals surface area contributed by atoms with Crippen molar-refractivity contribution in [3.63, 3.8) is 0 Å². The Morgan fingerprint density at radius 3 is 2.88 bits per heavy atom.